The molecule has 0 aliphatic carbocycles. The van der Waals surface area contributed by atoms with E-state index < -0.39 is 0 Å². The molecule has 32 heavy (non-hydrogen) atoms. The molecule has 6 aromatic rings. The maximum absolute atomic E-state index is 6.49. The van der Waals surface area contributed by atoms with Gasteiger partial charge in [0.2, 0.25) is 0 Å². The van der Waals surface area contributed by atoms with E-state index in [0.717, 1.165) is 27.8 Å². The molecule has 0 aliphatic rings. The second-order valence-electron chi connectivity index (χ2n) is 9.73. The lowest BCUT2D eigenvalue weighted by Gasteiger charge is -2.22. The lowest BCUT2D eigenvalue weighted by Crippen LogP contribution is -2.12. The number of thiophene rings is 1. The number of aryl methyl sites for hydroxylation is 2. The molecule has 0 unspecified atom stereocenters. The van der Waals surface area contributed by atoms with Crippen LogP contribution in [-0.4, -0.2) is 4.98 Å². The van der Waals surface area contributed by atoms with Crippen LogP contribution in [-0.2, 0) is 5.41 Å². The first kappa shape index (κ1) is 19.5. The summed E-state index contributed by atoms with van der Waals surface area (Å²) in [5.41, 5.74) is 6.51. The highest BCUT2D eigenvalue weighted by atomic mass is 32.1. The highest BCUT2D eigenvalue weighted by Crippen LogP contribution is 2.43. The molecule has 0 amide bonds. The molecule has 0 spiro atoms. The molecule has 2 nitrogen and oxygen atoms in total. The van der Waals surface area contributed by atoms with Crippen LogP contribution < -0.4 is 0 Å². The summed E-state index contributed by atoms with van der Waals surface area (Å²) in [4.78, 5) is 6.18. The third kappa shape index (κ3) is 2.74. The first-order valence-electron chi connectivity index (χ1n) is 11.1. The van der Waals surface area contributed by atoms with Crippen molar-refractivity contribution >= 4 is 54.1 Å². The van der Waals surface area contributed by atoms with Gasteiger partial charge < -0.3 is 4.42 Å². The fraction of sp³-hybridized carbons (Fsp3) is 0.207. The van der Waals surface area contributed by atoms with Crippen LogP contribution in [0.4, 0.5) is 0 Å². The summed E-state index contributed by atoms with van der Waals surface area (Å²) >= 11 is 1.85. The molecular weight excluding hydrogens is 410 g/mol. The minimum absolute atomic E-state index is 0.0227. The lowest BCUT2D eigenvalue weighted by atomic mass is 9.82. The summed E-state index contributed by atoms with van der Waals surface area (Å²) in [5, 5.41) is 6.19. The van der Waals surface area contributed by atoms with Gasteiger partial charge in [-0.05, 0) is 71.5 Å². The molecular formula is C29H25NOS. The van der Waals surface area contributed by atoms with Crippen LogP contribution in [0.1, 0.15) is 36.8 Å². The Morgan fingerprint density at radius 1 is 0.875 bits per heavy atom. The van der Waals surface area contributed by atoms with Gasteiger partial charge in [-0.3, -0.25) is 4.98 Å². The topological polar surface area (TPSA) is 26.0 Å². The number of pyridine rings is 1. The second kappa shape index (κ2) is 6.66. The van der Waals surface area contributed by atoms with Crippen molar-refractivity contribution in [3.05, 3.63) is 76.8 Å². The molecule has 0 aliphatic heterocycles. The van der Waals surface area contributed by atoms with E-state index in [-0.39, 0.29) is 5.41 Å². The van der Waals surface area contributed by atoms with Gasteiger partial charge in [0, 0.05) is 37.5 Å². The molecule has 3 aromatic carbocycles. The van der Waals surface area contributed by atoms with Crippen LogP contribution in [0.15, 0.2) is 65.2 Å². The third-order valence-electron chi connectivity index (χ3n) is 6.62. The minimum atomic E-state index is 0.0227. The van der Waals surface area contributed by atoms with Crippen LogP contribution >= 0.6 is 11.3 Å². The van der Waals surface area contributed by atoms with Crippen LogP contribution in [0, 0.1) is 13.8 Å². The van der Waals surface area contributed by atoms with Crippen LogP contribution in [0.2, 0.25) is 0 Å². The van der Waals surface area contributed by atoms with Gasteiger partial charge in [0.05, 0.1) is 0 Å². The van der Waals surface area contributed by atoms with E-state index >= 15 is 0 Å². The molecule has 3 heterocycles. The average molecular weight is 436 g/mol. The summed E-state index contributed by atoms with van der Waals surface area (Å²) < 4.78 is 7.80. The monoisotopic (exact) mass is 435 g/mol. The number of furan rings is 1. The van der Waals surface area contributed by atoms with Crippen molar-refractivity contribution in [2.24, 2.45) is 0 Å². The Kier molecular flexibility index (Phi) is 4.06. The molecule has 0 atom stereocenters. The molecule has 3 aromatic heterocycles. The zero-order chi connectivity index (χ0) is 22.2. The smallest absolute Gasteiger partial charge is 0.161 e. The standard InChI is InChI=1S/C29H25NOS/c1-16-17(2)32-24-11-10-23-26(25(16)24)21-12-13-30-27(28(21)31-23)19-14-18-8-6-7-9-20(18)22(15-19)29(3,4)5/h6-15H,1-5H3. The third-order valence-corrected chi connectivity index (χ3v) is 7.80. The van der Waals surface area contributed by atoms with Gasteiger partial charge in [-0.2, -0.15) is 0 Å². The Labute approximate surface area is 191 Å². The summed E-state index contributed by atoms with van der Waals surface area (Å²) in [6.07, 6.45) is 1.92. The first-order chi connectivity index (χ1) is 15.3. The molecule has 0 bridgehead atoms. The molecule has 0 radical (unpaired) electrons. The quantitative estimate of drug-likeness (QED) is 0.258. The molecule has 158 valence electrons. The summed E-state index contributed by atoms with van der Waals surface area (Å²) in [5.74, 6) is 0. The van der Waals surface area contributed by atoms with Gasteiger partial charge in [0.1, 0.15) is 11.3 Å². The maximum Gasteiger partial charge on any atom is 0.161 e. The first-order valence-corrected chi connectivity index (χ1v) is 11.9. The van der Waals surface area contributed by atoms with Crippen LogP contribution in [0.3, 0.4) is 0 Å². The van der Waals surface area contributed by atoms with Crippen molar-refractivity contribution in [3.8, 4) is 11.3 Å². The fourth-order valence-electron chi connectivity index (χ4n) is 4.92. The molecule has 0 saturated heterocycles. The van der Waals surface area contributed by atoms with Crippen molar-refractivity contribution < 1.29 is 4.42 Å². The zero-order valence-electron chi connectivity index (χ0n) is 19.0. The van der Waals surface area contributed by atoms with Gasteiger partial charge in [-0.25, -0.2) is 0 Å². The maximum atomic E-state index is 6.49. The average Bonchev–Trinajstić information content (AvgIpc) is 3.29. The molecule has 0 saturated carbocycles. The number of nitrogens with zero attached hydrogens (tertiary/aromatic N) is 1. The number of hydrogen-bond acceptors (Lipinski definition) is 3. The number of aromatic nitrogens is 1. The summed E-state index contributed by atoms with van der Waals surface area (Å²) in [6.45, 7) is 11.2. The number of hydrogen-bond donors (Lipinski definition) is 0. The van der Waals surface area contributed by atoms with E-state index in [1.807, 2.05) is 17.5 Å². The van der Waals surface area contributed by atoms with E-state index in [0.29, 0.717) is 0 Å². The minimum Gasteiger partial charge on any atom is -0.454 e. The highest BCUT2D eigenvalue weighted by molar-refractivity contribution is 7.19. The van der Waals surface area contributed by atoms with Crippen molar-refractivity contribution in [1.29, 1.82) is 0 Å². The number of fused-ring (bicyclic) bond motifs is 6. The van der Waals surface area contributed by atoms with Gasteiger partial charge in [-0.1, -0.05) is 45.0 Å². The van der Waals surface area contributed by atoms with Crippen molar-refractivity contribution in [3.63, 3.8) is 0 Å². The largest absolute Gasteiger partial charge is 0.454 e. The Morgan fingerprint density at radius 2 is 1.69 bits per heavy atom. The molecule has 6 rings (SSSR count). The van der Waals surface area contributed by atoms with E-state index in [4.69, 9.17) is 9.40 Å². The Hall–Kier alpha value is -3.17. The normalized spacial score (nSPS) is 12.5. The van der Waals surface area contributed by atoms with Gasteiger partial charge >= 0.3 is 0 Å². The number of benzene rings is 3. The summed E-state index contributed by atoms with van der Waals surface area (Å²) in [6, 6.07) is 19.6. The predicted molar refractivity (Wildman–Crippen MR) is 138 cm³/mol. The van der Waals surface area contributed by atoms with Crippen LogP contribution in [0.5, 0.6) is 0 Å². The summed E-state index contributed by atoms with van der Waals surface area (Å²) in [7, 11) is 0. The number of rotatable bonds is 1. The molecule has 0 N–H and O–H groups in total. The Morgan fingerprint density at radius 3 is 2.50 bits per heavy atom. The second-order valence-corrected chi connectivity index (χ2v) is 11.0. The van der Waals surface area contributed by atoms with E-state index in [2.05, 4.69) is 89.2 Å². The molecule has 3 heteroatoms. The SMILES string of the molecule is Cc1sc2ccc3oc4c(-c5cc(C(C)(C)C)c6ccccc6c5)nccc4c3c2c1C. The lowest BCUT2D eigenvalue weighted by molar-refractivity contribution is 0.596. The Bertz CT molecular complexity index is 1680. The van der Waals surface area contributed by atoms with E-state index in [1.165, 1.54) is 42.2 Å². The highest BCUT2D eigenvalue weighted by Gasteiger charge is 2.21. The van der Waals surface area contributed by atoms with Gasteiger partial charge in [0.15, 0.2) is 5.58 Å². The van der Waals surface area contributed by atoms with E-state index in [9.17, 15) is 0 Å². The molecule has 0 fully saturated rings. The van der Waals surface area contributed by atoms with Crippen molar-refractivity contribution in [2.45, 2.75) is 40.0 Å². The zero-order valence-corrected chi connectivity index (χ0v) is 19.9. The predicted octanol–water partition coefficient (Wildman–Crippen LogP) is 8.93. The van der Waals surface area contributed by atoms with Crippen LogP contribution in [0.25, 0.3) is 54.1 Å². The van der Waals surface area contributed by atoms with E-state index in [1.54, 1.807) is 0 Å². The van der Waals surface area contributed by atoms with Crippen molar-refractivity contribution in [2.75, 3.05) is 0 Å². The van der Waals surface area contributed by atoms with Crippen molar-refractivity contribution in [1.82, 2.24) is 4.98 Å². The fourth-order valence-corrected chi connectivity index (χ4v) is 6.00. The Balaban J connectivity index is 1.72. The van der Waals surface area contributed by atoms with Gasteiger partial charge in [0.25, 0.3) is 0 Å². The van der Waals surface area contributed by atoms with Gasteiger partial charge in [-0.15, -0.1) is 11.3 Å².